The standard InChI is InChI=1S/C60H109N2O6P/c1-6-8-10-12-14-16-18-20-22-24-26-28-30-31-32-34-36-38-40-42-44-46-48-50-52-54-60(64)61-58(57-68-69(65,66)67-56-55-62(3,4)5)59(63)53-51-49-47-45-43-41-39-37-35-33-29-27-25-23-21-19-17-15-13-11-9-7-2/h8,10,14,16,20,22,26,28,31-32,43,45,51,53,58-59,63H,6-7,9,11-13,15,17-19,21,23-25,27,29-30,33-42,44,46-50,52,54-57H2,1-5H3,(H-,61,64,65,66)/p+1/b10-8-,16-14-,22-20-,28-26-,32-31-,45-43+,53-51+. The van der Waals surface area contributed by atoms with Gasteiger partial charge >= 0.3 is 7.82 Å². The zero-order valence-electron chi connectivity index (χ0n) is 45.5. The van der Waals surface area contributed by atoms with Gasteiger partial charge in [0.1, 0.15) is 13.2 Å². The topological polar surface area (TPSA) is 105 Å². The van der Waals surface area contributed by atoms with Gasteiger partial charge in [0, 0.05) is 6.42 Å². The smallest absolute Gasteiger partial charge is 0.387 e. The summed E-state index contributed by atoms with van der Waals surface area (Å²) in [6.07, 6.45) is 71.1. The van der Waals surface area contributed by atoms with E-state index in [9.17, 15) is 19.4 Å². The minimum Gasteiger partial charge on any atom is -0.387 e. The van der Waals surface area contributed by atoms with Crippen LogP contribution in [0.3, 0.4) is 0 Å². The number of hydrogen-bond donors (Lipinski definition) is 3. The lowest BCUT2D eigenvalue weighted by Gasteiger charge is -2.25. The number of allylic oxidation sites excluding steroid dienone is 13. The van der Waals surface area contributed by atoms with Gasteiger partial charge in [0.05, 0.1) is 39.9 Å². The van der Waals surface area contributed by atoms with E-state index in [4.69, 9.17) is 9.05 Å². The molecule has 9 heteroatoms. The first-order valence-electron chi connectivity index (χ1n) is 28.5. The predicted octanol–water partition coefficient (Wildman–Crippen LogP) is 17.3. The number of hydrogen-bond acceptors (Lipinski definition) is 5. The van der Waals surface area contributed by atoms with Gasteiger partial charge in [0.15, 0.2) is 0 Å². The molecule has 0 radical (unpaired) electrons. The molecule has 0 spiro atoms. The van der Waals surface area contributed by atoms with Crippen molar-refractivity contribution in [2.24, 2.45) is 0 Å². The number of quaternary nitrogens is 1. The van der Waals surface area contributed by atoms with Crippen LogP contribution in [0.2, 0.25) is 0 Å². The summed E-state index contributed by atoms with van der Waals surface area (Å²) in [4.78, 5) is 23.3. The molecule has 0 bridgehead atoms. The number of aliphatic hydroxyl groups is 1. The van der Waals surface area contributed by atoms with Crippen molar-refractivity contribution in [2.75, 3.05) is 40.9 Å². The van der Waals surface area contributed by atoms with Gasteiger partial charge in [-0.2, -0.15) is 0 Å². The fraction of sp³-hybridized carbons (Fsp3) is 0.750. The van der Waals surface area contributed by atoms with Gasteiger partial charge < -0.3 is 19.8 Å². The molecule has 0 saturated carbocycles. The summed E-state index contributed by atoms with van der Waals surface area (Å²) < 4.78 is 23.7. The number of nitrogens with one attached hydrogen (secondary N) is 1. The summed E-state index contributed by atoms with van der Waals surface area (Å²) in [5.41, 5.74) is 0. The van der Waals surface area contributed by atoms with E-state index >= 15 is 0 Å². The van der Waals surface area contributed by atoms with E-state index in [0.717, 1.165) is 77.0 Å². The number of carbonyl (C=O) groups excluding carboxylic acids is 1. The molecule has 69 heavy (non-hydrogen) atoms. The highest BCUT2D eigenvalue weighted by Gasteiger charge is 2.27. The molecule has 0 aliphatic heterocycles. The Morgan fingerprint density at radius 2 is 0.884 bits per heavy atom. The number of carbonyl (C=O) groups is 1. The van der Waals surface area contributed by atoms with Crippen molar-refractivity contribution in [1.29, 1.82) is 0 Å². The summed E-state index contributed by atoms with van der Waals surface area (Å²) in [5.74, 6) is -0.195. The minimum absolute atomic E-state index is 0.0512. The van der Waals surface area contributed by atoms with Crippen molar-refractivity contribution in [3.05, 3.63) is 85.1 Å². The Morgan fingerprint density at radius 3 is 1.33 bits per heavy atom. The molecule has 0 heterocycles. The lowest BCUT2D eigenvalue weighted by atomic mass is 10.0. The average Bonchev–Trinajstić information content (AvgIpc) is 3.31. The lowest BCUT2D eigenvalue weighted by molar-refractivity contribution is -0.870. The van der Waals surface area contributed by atoms with E-state index in [1.165, 1.54) is 141 Å². The Balaban J connectivity index is 4.30. The summed E-state index contributed by atoms with van der Waals surface area (Å²) in [6, 6.07) is -0.873. The summed E-state index contributed by atoms with van der Waals surface area (Å²) in [5, 5.41) is 13.9. The van der Waals surface area contributed by atoms with Crippen LogP contribution in [0.4, 0.5) is 0 Å². The number of nitrogens with zero attached hydrogens (tertiary/aromatic N) is 1. The van der Waals surface area contributed by atoms with Crippen LogP contribution < -0.4 is 5.32 Å². The second-order valence-electron chi connectivity index (χ2n) is 20.3. The first kappa shape index (κ1) is 66.7. The van der Waals surface area contributed by atoms with Crippen LogP contribution in [0.25, 0.3) is 0 Å². The average molecular weight is 987 g/mol. The number of phosphoric acid groups is 1. The van der Waals surface area contributed by atoms with Gasteiger partial charge in [-0.05, 0) is 77.0 Å². The third-order valence-corrected chi connectivity index (χ3v) is 13.3. The lowest BCUT2D eigenvalue weighted by Crippen LogP contribution is -2.45. The number of amides is 1. The van der Waals surface area contributed by atoms with E-state index in [1.54, 1.807) is 6.08 Å². The molecule has 3 unspecified atom stereocenters. The molecule has 0 rings (SSSR count). The Bertz CT molecular complexity index is 1400. The second-order valence-corrected chi connectivity index (χ2v) is 21.7. The van der Waals surface area contributed by atoms with Crippen LogP contribution in [0.15, 0.2) is 85.1 Å². The minimum atomic E-state index is -4.36. The van der Waals surface area contributed by atoms with Gasteiger partial charge in [-0.1, -0.05) is 240 Å². The van der Waals surface area contributed by atoms with E-state index < -0.39 is 20.0 Å². The molecular formula is C60H110N2O6P+. The number of likely N-dealkylation sites (N-methyl/N-ethyl adjacent to an activating group) is 1. The van der Waals surface area contributed by atoms with Gasteiger partial charge in [-0.25, -0.2) is 4.57 Å². The van der Waals surface area contributed by atoms with Crippen molar-refractivity contribution in [3.8, 4) is 0 Å². The number of aliphatic hydroxyl groups excluding tert-OH is 1. The summed E-state index contributed by atoms with van der Waals surface area (Å²) in [6.45, 7) is 4.69. The van der Waals surface area contributed by atoms with Crippen LogP contribution in [0, 0.1) is 0 Å². The number of unbranched alkanes of at least 4 members (excludes halogenated alkanes) is 26. The SMILES string of the molecule is CC/C=C\C/C=C\C/C=C\C/C=C\C/C=C\CCCCCCCCCCCC(=O)NC(COP(=O)(O)OCC[N+](C)(C)C)C(O)/C=C/CC/C=C/CCCCCCCCCCCCCCCCCC. The molecule has 0 aromatic heterocycles. The second kappa shape index (κ2) is 50.6. The van der Waals surface area contributed by atoms with Crippen LogP contribution in [0.5, 0.6) is 0 Å². The molecule has 0 fully saturated rings. The zero-order valence-corrected chi connectivity index (χ0v) is 46.4. The third kappa shape index (κ3) is 53.3. The van der Waals surface area contributed by atoms with E-state index in [2.05, 4.69) is 92.1 Å². The Hall–Kier alpha value is -2.32. The maximum atomic E-state index is 13.0. The first-order valence-corrected chi connectivity index (χ1v) is 30.0. The van der Waals surface area contributed by atoms with Gasteiger partial charge in [-0.15, -0.1) is 0 Å². The van der Waals surface area contributed by atoms with Crippen LogP contribution in [-0.4, -0.2) is 73.4 Å². The highest BCUT2D eigenvalue weighted by molar-refractivity contribution is 7.47. The third-order valence-electron chi connectivity index (χ3n) is 12.3. The Morgan fingerprint density at radius 1 is 0.507 bits per heavy atom. The van der Waals surface area contributed by atoms with Crippen LogP contribution in [0.1, 0.15) is 239 Å². The molecule has 0 aromatic rings. The quantitative estimate of drug-likeness (QED) is 0.0243. The van der Waals surface area contributed by atoms with Crippen LogP contribution >= 0.6 is 7.82 Å². The maximum absolute atomic E-state index is 13.0. The molecule has 3 N–H and O–H groups in total. The normalized spacial score (nSPS) is 14.6. The largest absolute Gasteiger partial charge is 0.472 e. The van der Waals surface area contributed by atoms with Crippen molar-refractivity contribution >= 4 is 13.7 Å². The fourth-order valence-electron chi connectivity index (χ4n) is 7.91. The van der Waals surface area contributed by atoms with Gasteiger partial charge in [0.25, 0.3) is 0 Å². The summed E-state index contributed by atoms with van der Waals surface area (Å²) >= 11 is 0. The van der Waals surface area contributed by atoms with Crippen molar-refractivity contribution in [3.63, 3.8) is 0 Å². The maximum Gasteiger partial charge on any atom is 0.472 e. The monoisotopic (exact) mass is 986 g/mol. The van der Waals surface area contributed by atoms with Gasteiger partial charge in [0.2, 0.25) is 5.91 Å². The Labute approximate surface area is 426 Å². The molecular weight excluding hydrogens is 876 g/mol. The molecule has 400 valence electrons. The van der Waals surface area contributed by atoms with Crippen LogP contribution in [-0.2, 0) is 18.4 Å². The molecule has 8 nitrogen and oxygen atoms in total. The zero-order chi connectivity index (χ0) is 50.6. The molecule has 0 aromatic carbocycles. The Kier molecular flexibility index (Phi) is 48.9. The first-order chi connectivity index (χ1) is 33.5. The van der Waals surface area contributed by atoms with Crippen molar-refractivity contribution < 1.29 is 32.9 Å². The van der Waals surface area contributed by atoms with Crippen molar-refractivity contribution in [1.82, 2.24) is 5.32 Å². The van der Waals surface area contributed by atoms with Crippen molar-refractivity contribution in [2.45, 2.75) is 251 Å². The molecule has 3 atom stereocenters. The van der Waals surface area contributed by atoms with E-state index in [1.807, 2.05) is 27.2 Å². The highest BCUT2D eigenvalue weighted by atomic mass is 31.2. The molecule has 1 amide bonds. The fourth-order valence-corrected chi connectivity index (χ4v) is 8.64. The predicted molar refractivity (Wildman–Crippen MR) is 299 cm³/mol. The molecule has 0 saturated heterocycles. The number of rotatable bonds is 51. The molecule has 0 aliphatic carbocycles. The van der Waals surface area contributed by atoms with E-state index in [0.29, 0.717) is 17.4 Å². The highest BCUT2D eigenvalue weighted by Crippen LogP contribution is 2.43. The molecule has 0 aliphatic rings. The number of phosphoric ester groups is 1. The van der Waals surface area contributed by atoms with Gasteiger partial charge in [-0.3, -0.25) is 13.8 Å². The summed E-state index contributed by atoms with van der Waals surface area (Å²) in [7, 11) is 1.54. The van der Waals surface area contributed by atoms with E-state index in [-0.39, 0.29) is 19.1 Å².